The minimum atomic E-state index is 0.415. The van der Waals surface area contributed by atoms with Gasteiger partial charge in [0.05, 0.1) is 0 Å². The van der Waals surface area contributed by atoms with E-state index >= 15 is 0 Å². The van der Waals surface area contributed by atoms with Crippen LogP contribution in [0.1, 0.15) is 6.92 Å². The van der Waals surface area contributed by atoms with E-state index in [4.69, 9.17) is 4.74 Å². The van der Waals surface area contributed by atoms with Crippen molar-refractivity contribution in [3.8, 4) is 5.75 Å². The Labute approximate surface area is 101 Å². The van der Waals surface area contributed by atoms with E-state index in [2.05, 4.69) is 12.1 Å². The normalized spacial score (nSPS) is 11.5. The molecule has 2 rings (SSSR count). The molecule has 86 valence electrons. The summed E-state index contributed by atoms with van der Waals surface area (Å²) in [6.45, 7) is 2.18. The second kappa shape index (κ2) is 5.30. The molecule has 2 aromatic carbocycles. The summed E-state index contributed by atoms with van der Waals surface area (Å²) in [6.07, 6.45) is 2.60. The number of ether oxygens (including phenoxy) is 1. The fourth-order valence-corrected chi connectivity index (χ4v) is 1.63. The molecule has 0 heterocycles. The van der Waals surface area contributed by atoms with E-state index < -0.39 is 0 Å². The first-order valence-corrected chi connectivity index (χ1v) is 5.54. The zero-order valence-corrected chi connectivity index (χ0v) is 9.72. The summed E-state index contributed by atoms with van der Waals surface area (Å²) in [6, 6.07) is 14.0. The quantitative estimate of drug-likeness (QED) is 0.590. The minimum absolute atomic E-state index is 0.415. The molecular formula is C15H14O2. The molecule has 0 aliphatic rings. The molecule has 0 unspecified atom stereocenters. The van der Waals surface area contributed by atoms with Crippen LogP contribution in [0.2, 0.25) is 0 Å². The summed E-state index contributed by atoms with van der Waals surface area (Å²) in [7, 11) is 0. The van der Waals surface area contributed by atoms with Crippen LogP contribution in [0.3, 0.4) is 0 Å². The average molecular weight is 226 g/mol. The molecule has 0 aliphatic heterocycles. The Kier molecular flexibility index (Phi) is 3.55. The summed E-state index contributed by atoms with van der Waals surface area (Å²) < 4.78 is 5.66. The van der Waals surface area contributed by atoms with E-state index in [1.165, 1.54) is 0 Å². The summed E-state index contributed by atoms with van der Waals surface area (Å²) in [5.41, 5.74) is 0.685. The minimum Gasteiger partial charge on any atom is -0.489 e. The molecule has 0 spiro atoms. The first-order chi connectivity index (χ1) is 8.31. The highest BCUT2D eigenvalue weighted by atomic mass is 16.5. The maximum Gasteiger partial charge on any atom is 0.145 e. The molecule has 0 atom stereocenters. The number of carbonyl (C=O) groups excluding carboxylic acids is 1. The van der Waals surface area contributed by atoms with Gasteiger partial charge in [0, 0.05) is 5.39 Å². The molecule has 0 saturated heterocycles. The van der Waals surface area contributed by atoms with Crippen LogP contribution in [0, 0.1) is 0 Å². The summed E-state index contributed by atoms with van der Waals surface area (Å²) >= 11 is 0. The van der Waals surface area contributed by atoms with Crippen molar-refractivity contribution in [2.75, 3.05) is 6.61 Å². The predicted molar refractivity (Wildman–Crippen MR) is 69.3 cm³/mol. The summed E-state index contributed by atoms with van der Waals surface area (Å²) in [5.74, 6) is 0.845. The smallest absolute Gasteiger partial charge is 0.145 e. The lowest BCUT2D eigenvalue weighted by molar-refractivity contribution is -0.104. The summed E-state index contributed by atoms with van der Waals surface area (Å²) in [5, 5.41) is 2.24. The Balaban J connectivity index is 2.21. The van der Waals surface area contributed by atoms with Crippen LogP contribution in [-0.2, 0) is 4.79 Å². The molecule has 0 N–H and O–H groups in total. The van der Waals surface area contributed by atoms with Gasteiger partial charge >= 0.3 is 0 Å². The third kappa shape index (κ3) is 2.72. The van der Waals surface area contributed by atoms with Crippen molar-refractivity contribution in [3.63, 3.8) is 0 Å². The second-order valence-corrected chi connectivity index (χ2v) is 3.85. The number of carbonyl (C=O) groups is 1. The van der Waals surface area contributed by atoms with Crippen LogP contribution in [0.25, 0.3) is 10.8 Å². The number of fused-ring (bicyclic) bond motifs is 1. The number of hydrogen-bond donors (Lipinski definition) is 0. The van der Waals surface area contributed by atoms with Crippen molar-refractivity contribution in [1.82, 2.24) is 0 Å². The van der Waals surface area contributed by atoms with Gasteiger partial charge in [0.15, 0.2) is 0 Å². The van der Waals surface area contributed by atoms with Crippen LogP contribution < -0.4 is 4.74 Å². The van der Waals surface area contributed by atoms with Gasteiger partial charge in [-0.2, -0.15) is 0 Å². The first-order valence-electron chi connectivity index (χ1n) is 5.54. The van der Waals surface area contributed by atoms with Crippen LogP contribution in [0.4, 0.5) is 0 Å². The molecule has 2 aromatic rings. The number of rotatable bonds is 4. The van der Waals surface area contributed by atoms with E-state index in [1.54, 1.807) is 13.0 Å². The van der Waals surface area contributed by atoms with Crippen molar-refractivity contribution in [3.05, 3.63) is 54.1 Å². The van der Waals surface area contributed by atoms with E-state index in [-0.39, 0.29) is 0 Å². The lowest BCUT2D eigenvalue weighted by Crippen LogP contribution is -1.95. The fraction of sp³-hybridized carbons (Fsp3) is 0.133. The topological polar surface area (TPSA) is 26.3 Å². The zero-order valence-electron chi connectivity index (χ0n) is 9.72. The summed E-state index contributed by atoms with van der Waals surface area (Å²) in [4.78, 5) is 10.4. The highest BCUT2D eigenvalue weighted by Crippen LogP contribution is 2.24. The standard InChI is InChI=1S/C15H14O2/c1-12(11-16)9-10-17-15-8-4-6-13-5-2-3-7-14(13)15/h2-9,11H,10H2,1H3/b12-9+. The van der Waals surface area contributed by atoms with Gasteiger partial charge in [-0.15, -0.1) is 0 Å². The molecule has 0 amide bonds. The van der Waals surface area contributed by atoms with E-state index in [0.717, 1.165) is 22.8 Å². The Morgan fingerprint density at radius 1 is 1.18 bits per heavy atom. The molecule has 0 bridgehead atoms. The lowest BCUT2D eigenvalue weighted by atomic mass is 10.1. The molecule has 0 aromatic heterocycles. The highest BCUT2D eigenvalue weighted by molar-refractivity contribution is 5.88. The number of benzene rings is 2. The largest absolute Gasteiger partial charge is 0.489 e. The Bertz CT molecular complexity index is 550. The van der Waals surface area contributed by atoms with Crippen molar-refractivity contribution < 1.29 is 9.53 Å². The van der Waals surface area contributed by atoms with E-state index in [1.807, 2.05) is 30.3 Å². The molecule has 2 nitrogen and oxygen atoms in total. The van der Waals surface area contributed by atoms with Crippen molar-refractivity contribution in [1.29, 1.82) is 0 Å². The molecular weight excluding hydrogens is 212 g/mol. The zero-order chi connectivity index (χ0) is 12.1. The van der Waals surface area contributed by atoms with Crippen molar-refractivity contribution in [2.24, 2.45) is 0 Å². The molecule has 0 aliphatic carbocycles. The van der Waals surface area contributed by atoms with Gasteiger partial charge in [0.2, 0.25) is 0 Å². The molecule has 17 heavy (non-hydrogen) atoms. The van der Waals surface area contributed by atoms with Gasteiger partial charge in [0.1, 0.15) is 18.6 Å². The van der Waals surface area contributed by atoms with Crippen LogP contribution in [-0.4, -0.2) is 12.9 Å². The number of hydrogen-bond acceptors (Lipinski definition) is 2. The van der Waals surface area contributed by atoms with E-state index in [9.17, 15) is 4.79 Å². The highest BCUT2D eigenvalue weighted by Gasteiger charge is 1.99. The maximum absolute atomic E-state index is 10.4. The Morgan fingerprint density at radius 2 is 1.94 bits per heavy atom. The van der Waals surface area contributed by atoms with Crippen LogP contribution >= 0.6 is 0 Å². The number of aldehydes is 1. The van der Waals surface area contributed by atoms with Gasteiger partial charge < -0.3 is 4.74 Å². The van der Waals surface area contributed by atoms with Gasteiger partial charge in [-0.05, 0) is 30.0 Å². The Morgan fingerprint density at radius 3 is 2.76 bits per heavy atom. The van der Waals surface area contributed by atoms with E-state index in [0.29, 0.717) is 12.2 Å². The molecule has 0 saturated carbocycles. The predicted octanol–water partition coefficient (Wildman–Crippen LogP) is 3.36. The Hall–Kier alpha value is -2.09. The maximum atomic E-state index is 10.4. The van der Waals surface area contributed by atoms with Crippen LogP contribution in [0.5, 0.6) is 5.75 Å². The van der Waals surface area contributed by atoms with Gasteiger partial charge in [0.25, 0.3) is 0 Å². The number of allylic oxidation sites excluding steroid dienone is 1. The molecule has 2 heteroatoms. The molecule has 0 radical (unpaired) electrons. The SMILES string of the molecule is C/C(C=O)=C\COc1cccc2ccccc12. The molecule has 0 fully saturated rings. The first kappa shape index (κ1) is 11.4. The third-order valence-electron chi connectivity index (χ3n) is 2.58. The average Bonchev–Trinajstić information content (AvgIpc) is 2.39. The van der Waals surface area contributed by atoms with Crippen molar-refractivity contribution in [2.45, 2.75) is 6.92 Å². The van der Waals surface area contributed by atoms with Gasteiger partial charge in [-0.1, -0.05) is 36.4 Å². The van der Waals surface area contributed by atoms with Gasteiger partial charge in [-0.25, -0.2) is 0 Å². The van der Waals surface area contributed by atoms with Crippen LogP contribution in [0.15, 0.2) is 54.1 Å². The van der Waals surface area contributed by atoms with Crippen molar-refractivity contribution >= 4 is 17.1 Å². The monoisotopic (exact) mass is 226 g/mol. The third-order valence-corrected chi connectivity index (χ3v) is 2.58. The fourth-order valence-electron chi connectivity index (χ4n) is 1.63. The second-order valence-electron chi connectivity index (χ2n) is 3.85. The van der Waals surface area contributed by atoms with Gasteiger partial charge in [-0.3, -0.25) is 4.79 Å². The lowest BCUT2D eigenvalue weighted by Gasteiger charge is -2.07.